The highest BCUT2D eigenvalue weighted by Crippen LogP contribution is 2.16. The molecule has 5 heteroatoms. The number of hydrogen-bond donors (Lipinski definition) is 1. The van der Waals surface area contributed by atoms with E-state index < -0.39 is 0 Å². The lowest BCUT2D eigenvalue weighted by atomic mass is 10.3. The summed E-state index contributed by atoms with van der Waals surface area (Å²) in [6.45, 7) is 0.566. The van der Waals surface area contributed by atoms with E-state index in [1.54, 1.807) is 0 Å². The van der Waals surface area contributed by atoms with Crippen molar-refractivity contribution in [1.82, 2.24) is 4.57 Å². The second-order valence-electron chi connectivity index (χ2n) is 3.87. The molecule has 0 saturated heterocycles. The molecule has 2 aromatic heterocycles. The number of hydrogen-bond acceptors (Lipinski definition) is 3. The molecule has 0 aliphatic heterocycles. The molecule has 0 radical (unpaired) electrons. The zero-order valence-corrected chi connectivity index (χ0v) is 10.4. The Kier molecular flexibility index (Phi) is 2.82. The van der Waals surface area contributed by atoms with Crippen LogP contribution < -0.4 is 10.3 Å². The van der Waals surface area contributed by atoms with Crippen LogP contribution in [0.4, 0.5) is 5.82 Å². The van der Waals surface area contributed by atoms with Crippen molar-refractivity contribution in [1.29, 1.82) is 0 Å². The Hall–Kier alpha value is -2.14. The highest BCUT2D eigenvalue weighted by molar-refractivity contribution is 7.71. The Bertz CT molecular complexity index is 718. The van der Waals surface area contributed by atoms with Crippen LogP contribution in [-0.4, -0.2) is 4.57 Å². The van der Waals surface area contributed by atoms with Gasteiger partial charge in [0, 0.05) is 6.07 Å². The average molecular weight is 258 g/mol. The summed E-state index contributed by atoms with van der Waals surface area (Å²) in [5, 5.41) is 3.26. The Morgan fingerprint density at radius 1 is 1.17 bits per heavy atom. The van der Waals surface area contributed by atoms with Gasteiger partial charge in [-0.1, -0.05) is 18.2 Å². The van der Waals surface area contributed by atoms with Gasteiger partial charge in [-0.3, -0.25) is 9.88 Å². The minimum Gasteiger partial charge on any atom is -0.429 e. The molecule has 0 unspecified atom stereocenters. The predicted molar refractivity (Wildman–Crippen MR) is 71.7 cm³/mol. The maximum absolute atomic E-state index is 5.52. The van der Waals surface area contributed by atoms with E-state index in [2.05, 4.69) is 10.3 Å². The number of aromatic nitrogens is 2. The van der Waals surface area contributed by atoms with Crippen molar-refractivity contribution >= 4 is 29.1 Å². The fourth-order valence-corrected chi connectivity index (χ4v) is 2.08. The summed E-state index contributed by atoms with van der Waals surface area (Å²) in [7, 11) is 0. The Morgan fingerprint density at radius 2 is 2.00 bits per heavy atom. The molecule has 3 aromatic rings. The third-order valence-corrected chi connectivity index (χ3v) is 3.01. The van der Waals surface area contributed by atoms with E-state index in [4.69, 9.17) is 16.6 Å². The number of aromatic amines is 1. The fourth-order valence-electron chi connectivity index (χ4n) is 1.83. The molecule has 0 amide bonds. The summed E-state index contributed by atoms with van der Waals surface area (Å²) in [4.78, 5) is 3.58. The Balaban J connectivity index is 1.91. The third-order valence-electron chi connectivity index (χ3n) is 2.71. The van der Waals surface area contributed by atoms with Gasteiger partial charge in [0.2, 0.25) is 0 Å². The van der Waals surface area contributed by atoms with Gasteiger partial charge in [-0.25, -0.2) is 4.98 Å². The van der Waals surface area contributed by atoms with Crippen LogP contribution in [0.1, 0.15) is 0 Å². The van der Waals surface area contributed by atoms with Crippen molar-refractivity contribution < 1.29 is 9.40 Å². The van der Waals surface area contributed by atoms with E-state index in [0.29, 0.717) is 11.5 Å². The number of anilines is 1. The van der Waals surface area contributed by atoms with E-state index in [1.807, 2.05) is 53.2 Å². The molecule has 0 spiro atoms. The zero-order valence-electron chi connectivity index (χ0n) is 9.59. The lowest BCUT2D eigenvalue weighted by Gasteiger charge is -2.00. The van der Waals surface area contributed by atoms with Gasteiger partial charge >= 0.3 is 0 Å². The number of fused-ring (bicyclic) bond motifs is 1. The van der Waals surface area contributed by atoms with Gasteiger partial charge in [0.25, 0.3) is 10.7 Å². The van der Waals surface area contributed by atoms with E-state index in [1.165, 1.54) is 0 Å². The van der Waals surface area contributed by atoms with Crippen molar-refractivity contribution in [3.8, 4) is 0 Å². The predicted octanol–water partition coefficient (Wildman–Crippen LogP) is 2.85. The summed E-state index contributed by atoms with van der Waals surface area (Å²) in [6, 6.07) is 13.7. The molecule has 2 N–H and O–H groups in total. The zero-order chi connectivity index (χ0) is 12.4. The van der Waals surface area contributed by atoms with Crippen molar-refractivity contribution in [2.24, 2.45) is 0 Å². The Morgan fingerprint density at radius 3 is 2.83 bits per heavy atom. The standard InChI is InChI=1S/C13H11N3OS/c18-13-16(9-15-12-7-3-4-8-14-12)10-5-1-2-6-11(10)17-13/h1-8H,9H2,(H,14,15)/p+1. The van der Waals surface area contributed by atoms with Gasteiger partial charge < -0.3 is 4.42 Å². The molecular formula is C13H12N3OS+. The third kappa shape index (κ3) is 2.00. The van der Waals surface area contributed by atoms with Crippen LogP contribution in [0.3, 0.4) is 0 Å². The fraction of sp³-hybridized carbons (Fsp3) is 0.0769. The number of para-hydroxylation sites is 2. The van der Waals surface area contributed by atoms with E-state index in [9.17, 15) is 0 Å². The number of benzene rings is 1. The summed E-state index contributed by atoms with van der Waals surface area (Å²) < 4.78 is 7.44. The van der Waals surface area contributed by atoms with Crippen molar-refractivity contribution in [3.63, 3.8) is 0 Å². The Labute approximate surface area is 109 Å². The molecule has 0 aliphatic rings. The van der Waals surface area contributed by atoms with Gasteiger partial charge in [-0.15, -0.1) is 0 Å². The molecule has 0 fully saturated rings. The number of oxazole rings is 1. The van der Waals surface area contributed by atoms with E-state index in [-0.39, 0.29) is 0 Å². The molecular weight excluding hydrogens is 246 g/mol. The lowest BCUT2D eigenvalue weighted by Crippen LogP contribution is -2.15. The highest BCUT2D eigenvalue weighted by Gasteiger charge is 2.07. The first-order valence-corrected chi connectivity index (χ1v) is 6.04. The van der Waals surface area contributed by atoms with Crippen LogP contribution in [0.5, 0.6) is 0 Å². The molecule has 18 heavy (non-hydrogen) atoms. The monoisotopic (exact) mass is 258 g/mol. The number of H-pyrrole nitrogens is 1. The van der Waals surface area contributed by atoms with Crippen LogP contribution in [0.25, 0.3) is 11.1 Å². The summed E-state index contributed by atoms with van der Waals surface area (Å²) >= 11 is 5.21. The van der Waals surface area contributed by atoms with Crippen LogP contribution in [-0.2, 0) is 6.67 Å². The van der Waals surface area contributed by atoms with Crippen LogP contribution in [0.2, 0.25) is 0 Å². The second-order valence-corrected chi connectivity index (χ2v) is 4.22. The SMILES string of the molecule is S=c1oc2ccccc2n1CNc1cccc[nH+]1. The minimum absolute atomic E-state index is 0.472. The highest BCUT2D eigenvalue weighted by atomic mass is 32.1. The number of nitrogens with one attached hydrogen (secondary N) is 2. The van der Waals surface area contributed by atoms with Crippen LogP contribution >= 0.6 is 12.2 Å². The first kappa shape index (κ1) is 11.0. The van der Waals surface area contributed by atoms with Gasteiger partial charge in [0.05, 0.1) is 11.7 Å². The largest absolute Gasteiger partial charge is 0.429 e. The van der Waals surface area contributed by atoms with Crippen molar-refractivity contribution in [2.75, 3.05) is 5.32 Å². The van der Waals surface area contributed by atoms with Gasteiger partial charge in [-0.2, -0.15) is 0 Å². The van der Waals surface area contributed by atoms with Gasteiger partial charge in [0.15, 0.2) is 12.3 Å². The normalized spacial score (nSPS) is 10.7. The second kappa shape index (κ2) is 4.62. The van der Waals surface area contributed by atoms with Crippen molar-refractivity contribution in [3.05, 3.63) is 53.5 Å². The number of pyridine rings is 1. The molecule has 2 heterocycles. The van der Waals surface area contributed by atoms with E-state index in [0.717, 1.165) is 16.9 Å². The molecule has 3 rings (SSSR count). The maximum Gasteiger partial charge on any atom is 0.273 e. The quantitative estimate of drug-likeness (QED) is 0.735. The van der Waals surface area contributed by atoms with Gasteiger partial charge in [-0.05, 0) is 30.4 Å². The van der Waals surface area contributed by atoms with Crippen LogP contribution in [0, 0.1) is 4.84 Å². The molecule has 0 atom stereocenters. The molecule has 0 saturated carbocycles. The molecule has 0 bridgehead atoms. The number of nitrogens with zero attached hydrogens (tertiary/aromatic N) is 1. The topological polar surface area (TPSA) is 44.2 Å². The van der Waals surface area contributed by atoms with Crippen LogP contribution in [0.15, 0.2) is 53.1 Å². The van der Waals surface area contributed by atoms with E-state index >= 15 is 0 Å². The molecule has 1 aromatic carbocycles. The summed E-state index contributed by atoms with van der Waals surface area (Å²) in [6.07, 6.45) is 1.87. The molecule has 90 valence electrons. The van der Waals surface area contributed by atoms with Crippen molar-refractivity contribution in [2.45, 2.75) is 6.67 Å². The average Bonchev–Trinajstić information content (AvgIpc) is 2.73. The first-order chi connectivity index (χ1) is 8.84. The minimum atomic E-state index is 0.472. The maximum atomic E-state index is 5.52. The summed E-state index contributed by atoms with van der Waals surface area (Å²) in [5.74, 6) is 0.935. The smallest absolute Gasteiger partial charge is 0.273 e. The molecule has 4 nitrogen and oxygen atoms in total. The number of rotatable bonds is 3. The molecule has 0 aliphatic carbocycles. The summed E-state index contributed by atoms with van der Waals surface area (Å²) in [5.41, 5.74) is 1.80. The van der Waals surface area contributed by atoms with Gasteiger partial charge in [0.1, 0.15) is 0 Å². The lowest BCUT2D eigenvalue weighted by molar-refractivity contribution is -0.361. The first-order valence-electron chi connectivity index (χ1n) is 5.63.